The number of aliphatic hydroxyl groups is 1. The highest BCUT2D eigenvalue weighted by molar-refractivity contribution is 5.54. The van der Waals surface area contributed by atoms with Crippen molar-refractivity contribution < 1.29 is 18.8 Å². The van der Waals surface area contributed by atoms with E-state index in [-0.39, 0.29) is 19.0 Å². The number of hydrogen-bond acceptors (Lipinski definition) is 7. The summed E-state index contributed by atoms with van der Waals surface area (Å²) in [6.45, 7) is 6.90. The van der Waals surface area contributed by atoms with E-state index in [2.05, 4.69) is 19.9 Å². The van der Waals surface area contributed by atoms with Crippen molar-refractivity contribution in [3.8, 4) is 11.4 Å². The van der Waals surface area contributed by atoms with Gasteiger partial charge in [-0.25, -0.2) is 4.39 Å². The molecule has 8 heteroatoms. The first kappa shape index (κ1) is 22.5. The zero-order valence-electron chi connectivity index (χ0n) is 18.3. The van der Waals surface area contributed by atoms with Crippen molar-refractivity contribution in [3.63, 3.8) is 0 Å². The van der Waals surface area contributed by atoms with Gasteiger partial charge in [0.05, 0.1) is 25.9 Å². The smallest absolute Gasteiger partial charge is 0.241 e. The lowest BCUT2D eigenvalue weighted by Gasteiger charge is -2.34. The highest BCUT2D eigenvalue weighted by Crippen LogP contribution is 2.17. The molecule has 1 fully saturated rings. The number of aliphatic hydroxyl groups excluding tert-OH is 1. The molecule has 0 aliphatic carbocycles. The maximum absolute atomic E-state index is 13.6. The van der Waals surface area contributed by atoms with Crippen molar-refractivity contribution in [3.05, 3.63) is 71.4 Å². The Morgan fingerprint density at radius 2 is 1.78 bits per heavy atom. The normalized spacial score (nSPS) is 16.3. The van der Waals surface area contributed by atoms with E-state index in [4.69, 9.17) is 9.26 Å². The van der Waals surface area contributed by atoms with Gasteiger partial charge in [-0.15, -0.1) is 0 Å². The third-order valence-corrected chi connectivity index (χ3v) is 5.60. The average Bonchev–Trinajstić information content (AvgIpc) is 3.25. The number of hydrogen-bond donors (Lipinski definition) is 1. The molecule has 2 heterocycles. The highest BCUT2D eigenvalue weighted by atomic mass is 19.1. The summed E-state index contributed by atoms with van der Waals surface area (Å²) in [4.78, 5) is 9.00. The summed E-state index contributed by atoms with van der Waals surface area (Å²) < 4.78 is 24.5. The zero-order chi connectivity index (χ0) is 22.3. The van der Waals surface area contributed by atoms with E-state index in [0.29, 0.717) is 30.4 Å². The lowest BCUT2D eigenvalue weighted by Crippen LogP contribution is -2.48. The van der Waals surface area contributed by atoms with Crippen LogP contribution in [0.5, 0.6) is 0 Å². The minimum Gasteiger partial charge on any atom is -0.389 e. The van der Waals surface area contributed by atoms with Gasteiger partial charge in [-0.2, -0.15) is 4.98 Å². The minimum absolute atomic E-state index is 0.159. The van der Waals surface area contributed by atoms with E-state index in [0.717, 1.165) is 31.7 Å². The second-order valence-corrected chi connectivity index (χ2v) is 8.21. The third kappa shape index (κ3) is 6.20. The van der Waals surface area contributed by atoms with Crippen LogP contribution in [0.4, 0.5) is 4.39 Å². The summed E-state index contributed by atoms with van der Waals surface area (Å²) in [5.41, 5.74) is 2.64. The molecule has 0 saturated carbocycles. The molecule has 7 nitrogen and oxygen atoms in total. The topological polar surface area (TPSA) is 74.9 Å². The third-order valence-electron chi connectivity index (χ3n) is 5.60. The molecular weight excluding hydrogens is 411 g/mol. The fraction of sp³-hybridized carbons (Fsp3) is 0.417. The Balaban J connectivity index is 1.17. The van der Waals surface area contributed by atoms with E-state index >= 15 is 0 Å². The molecule has 2 aromatic carbocycles. The first-order valence-electron chi connectivity index (χ1n) is 10.9. The van der Waals surface area contributed by atoms with Crippen LogP contribution in [0, 0.1) is 12.7 Å². The summed E-state index contributed by atoms with van der Waals surface area (Å²) in [6, 6.07) is 14.6. The van der Waals surface area contributed by atoms with Crippen molar-refractivity contribution in [1.82, 2.24) is 19.9 Å². The van der Waals surface area contributed by atoms with Gasteiger partial charge in [-0.1, -0.05) is 53.2 Å². The Morgan fingerprint density at radius 3 is 2.53 bits per heavy atom. The van der Waals surface area contributed by atoms with Gasteiger partial charge in [0.25, 0.3) is 0 Å². The molecule has 1 aliphatic heterocycles. The fourth-order valence-corrected chi connectivity index (χ4v) is 3.73. The van der Waals surface area contributed by atoms with Gasteiger partial charge in [0.2, 0.25) is 11.7 Å². The van der Waals surface area contributed by atoms with Crippen molar-refractivity contribution in [2.45, 2.75) is 26.2 Å². The predicted octanol–water partition coefficient (Wildman–Crippen LogP) is 2.88. The summed E-state index contributed by atoms with van der Waals surface area (Å²) in [5.74, 6) is 0.929. The minimum atomic E-state index is -0.610. The number of aryl methyl sites for hydroxylation is 1. The lowest BCUT2D eigenvalue weighted by atomic mass is 10.1. The van der Waals surface area contributed by atoms with Crippen LogP contribution in [0.1, 0.15) is 17.0 Å². The second kappa shape index (κ2) is 10.8. The van der Waals surface area contributed by atoms with Crippen molar-refractivity contribution in [2.24, 2.45) is 0 Å². The quantitative estimate of drug-likeness (QED) is 0.548. The summed E-state index contributed by atoms with van der Waals surface area (Å²) in [6.07, 6.45) is -0.610. The highest BCUT2D eigenvalue weighted by Gasteiger charge is 2.21. The van der Waals surface area contributed by atoms with Crippen LogP contribution >= 0.6 is 0 Å². The molecule has 4 rings (SSSR count). The van der Waals surface area contributed by atoms with Crippen LogP contribution < -0.4 is 0 Å². The van der Waals surface area contributed by atoms with Gasteiger partial charge in [-0.05, 0) is 13.0 Å². The number of ether oxygens (including phenoxy) is 1. The standard InChI is InChI=1S/C24H29FN4O3/c1-18-6-8-19(9-7-18)24-26-23(32-27-24)15-29-12-10-28(11-13-29)14-21(30)17-31-16-20-4-2-3-5-22(20)25/h2-9,21,30H,10-17H2,1H3/t21-/m0/s1. The van der Waals surface area contributed by atoms with Crippen molar-refractivity contribution in [2.75, 3.05) is 39.3 Å². The van der Waals surface area contributed by atoms with Gasteiger partial charge in [0.15, 0.2) is 0 Å². The SMILES string of the molecule is Cc1ccc(-c2noc(CN3CCN(C[C@H](O)COCc4ccccc4F)CC3)n2)cc1. The molecule has 0 radical (unpaired) electrons. The van der Waals surface area contributed by atoms with Crippen LogP contribution in [0.3, 0.4) is 0 Å². The monoisotopic (exact) mass is 440 g/mol. The molecule has 32 heavy (non-hydrogen) atoms. The van der Waals surface area contributed by atoms with Gasteiger partial charge in [-0.3, -0.25) is 9.80 Å². The molecule has 0 amide bonds. The molecule has 3 aromatic rings. The number of piperazine rings is 1. The van der Waals surface area contributed by atoms with E-state index in [1.165, 1.54) is 11.6 Å². The lowest BCUT2D eigenvalue weighted by molar-refractivity contribution is -0.000349. The Labute approximate surface area is 187 Å². The molecule has 1 aromatic heterocycles. The summed E-state index contributed by atoms with van der Waals surface area (Å²) >= 11 is 0. The van der Waals surface area contributed by atoms with Crippen molar-refractivity contribution >= 4 is 0 Å². The first-order valence-corrected chi connectivity index (χ1v) is 10.9. The van der Waals surface area contributed by atoms with Gasteiger partial charge < -0.3 is 14.4 Å². The Kier molecular flexibility index (Phi) is 7.59. The molecule has 0 unspecified atom stereocenters. The Morgan fingerprint density at radius 1 is 1.06 bits per heavy atom. The summed E-state index contributed by atoms with van der Waals surface area (Å²) in [7, 11) is 0. The second-order valence-electron chi connectivity index (χ2n) is 8.21. The molecule has 1 atom stereocenters. The summed E-state index contributed by atoms with van der Waals surface area (Å²) in [5, 5.41) is 14.4. The van der Waals surface area contributed by atoms with Crippen LogP contribution in [0.25, 0.3) is 11.4 Å². The number of rotatable bonds is 9. The molecule has 0 spiro atoms. The zero-order valence-corrected chi connectivity index (χ0v) is 18.3. The van der Waals surface area contributed by atoms with Gasteiger partial charge in [0, 0.05) is 43.9 Å². The molecular formula is C24H29FN4O3. The van der Waals surface area contributed by atoms with Crippen LogP contribution in [0.15, 0.2) is 53.1 Å². The number of nitrogens with zero attached hydrogens (tertiary/aromatic N) is 4. The van der Waals surface area contributed by atoms with E-state index in [1.807, 2.05) is 31.2 Å². The number of benzene rings is 2. The number of halogens is 1. The van der Waals surface area contributed by atoms with E-state index in [9.17, 15) is 9.50 Å². The van der Waals surface area contributed by atoms with Crippen LogP contribution in [-0.2, 0) is 17.9 Å². The molecule has 0 bridgehead atoms. The Bertz CT molecular complexity index is 987. The molecule has 1 saturated heterocycles. The maximum Gasteiger partial charge on any atom is 0.241 e. The molecule has 1 aliphatic rings. The molecule has 170 valence electrons. The number of aromatic nitrogens is 2. The first-order chi connectivity index (χ1) is 15.6. The van der Waals surface area contributed by atoms with Gasteiger partial charge in [0.1, 0.15) is 5.82 Å². The van der Waals surface area contributed by atoms with Crippen molar-refractivity contribution in [1.29, 1.82) is 0 Å². The van der Waals surface area contributed by atoms with Crippen LogP contribution in [-0.4, -0.2) is 70.5 Å². The number of β-amino-alcohol motifs (C(OH)–C–C–N with tert-alkyl or cyclic N) is 1. The maximum atomic E-state index is 13.6. The van der Waals surface area contributed by atoms with E-state index in [1.54, 1.807) is 18.2 Å². The van der Waals surface area contributed by atoms with E-state index < -0.39 is 6.10 Å². The predicted molar refractivity (Wildman–Crippen MR) is 118 cm³/mol. The average molecular weight is 441 g/mol. The molecule has 1 N–H and O–H groups in total. The fourth-order valence-electron chi connectivity index (χ4n) is 3.73. The van der Waals surface area contributed by atoms with Crippen LogP contribution in [0.2, 0.25) is 0 Å². The Hall–Kier alpha value is -2.65. The largest absolute Gasteiger partial charge is 0.389 e. The van der Waals surface area contributed by atoms with Gasteiger partial charge >= 0.3 is 0 Å².